The van der Waals surface area contributed by atoms with E-state index < -0.39 is 6.10 Å². The van der Waals surface area contributed by atoms with E-state index in [4.69, 9.17) is 4.74 Å². The third-order valence-corrected chi connectivity index (χ3v) is 4.67. The van der Waals surface area contributed by atoms with Crippen LogP contribution in [0.25, 0.3) is 10.9 Å². The number of rotatable bonds is 6. The first-order valence-electron chi connectivity index (χ1n) is 7.06. The van der Waals surface area contributed by atoms with Gasteiger partial charge in [0.15, 0.2) is 0 Å². The summed E-state index contributed by atoms with van der Waals surface area (Å²) >= 11 is 4.96. The van der Waals surface area contributed by atoms with Gasteiger partial charge in [0.1, 0.15) is 0 Å². The number of aliphatic hydroxyl groups is 1. The van der Waals surface area contributed by atoms with E-state index in [1.807, 2.05) is 23.6 Å². The summed E-state index contributed by atoms with van der Waals surface area (Å²) in [6, 6.07) is 9.30. The van der Waals surface area contributed by atoms with Crippen LogP contribution < -0.4 is 5.56 Å². The molecule has 0 bridgehead atoms. The first-order valence-corrected chi connectivity index (χ1v) is 8.73. The highest BCUT2D eigenvalue weighted by Crippen LogP contribution is 2.15. The van der Waals surface area contributed by atoms with Gasteiger partial charge in [-0.2, -0.15) is 0 Å². The first kappa shape index (κ1) is 16.3. The number of benzene rings is 1. The molecule has 0 saturated heterocycles. The summed E-state index contributed by atoms with van der Waals surface area (Å²) in [5.41, 5.74) is 0.464. The van der Waals surface area contributed by atoms with E-state index in [2.05, 4.69) is 20.9 Å². The lowest BCUT2D eigenvalue weighted by molar-refractivity contribution is 0.0207. The monoisotopic (exact) mass is 394 g/mol. The standard InChI is InChI=1S/C16H15BrN2O3S/c17-11-3-4-15-14(6-11)16(21)19(10-18-15)7-12(20)8-22-9-13-2-1-5-23-13/h1-6,10,12,20H,7-9H2. The Bertz CT molecular complexity index is 848. The van der Waals surface area contributed by atoms with E-state index in [1.165, 1.54) is 10.9 Å². The second-order valence-electron chi connectivity index (χ2n) is 5.11. The second kappa shape index (κ2) is 7.35. The van der Waals surface area contributed by atoms with Gasteiger partial charge in [-0.15, -0.1) is 11.3 Å². The number of halogens is 1. The molecular weight excluding hydrogens is 380 g/mol. The summed E-state index contributed by atoms with van der Waals surface area (Å²) in [4.78, 5) is 17.8. The minimum atomic E-state index is -0.765. The van der Waals surface area contributed by atoms with Gasteiger partial charge in [0, 0.05) is 9.35 Å². The Hall–Kier alpha value is -1.54. The summed E-state index contributed by atoms with van der Waals surface area (Å²) in [6.45, 7) is 0.784. The molecule has 0 radical (unpaired) electrons. The SMILES string of the molecule is O=c1c2cc(Br)ccc2ncn1CC(O)COCc1cccs1. The number of hydrogen-bond donors (Lipinski definition) is 1. The zero-order valence-corrected chi connectivity index (χ0v) is 14.6. The Balaban J connectivity index is 1.66. The average Bonchev–Trinajstić information content (AvgIpc) is 3.04. The molecular formula is C16H15BrN2O3S. The minimum Gasteiger partial charge on any atom is -0.389 e. The number of aromatic nitrogens is 2. The lowest BCUT2D eigenvalue weighted by Crippen LogP contribution is -2.29. The van der Waals surface area contributed by atoms with Crippen molar-refractivity contribution >= 4 is 38.2 Å². The minimum absolute atomic E-state index is 0.152. The molecule has 2 aromatic heterocycles. The van der Waals surface area contributed by atoms with Crippen molar-refractivity contribution in [1.82, 2.24) is 9.55 Å². The summed E-state index contributed by atoms with van der Waals surface area (Å²) in [6.07, 6.45) is 0.695. The highest BCUT2D eigenvalue weighted by Gasteiger charge is 2.10. The topological polar surface area (TPSA) is 64.4 Å². The van der Waals surface area contributed by atoms with Crippen molar-refractivity contribution in [3.63, 3.8) is 0 Å². The Morgan fingerprint density at radius 2 is 2.26 bits per heavy atom. The van der Waals surface area contributed by atoms with Gasteiger partial charge in [-0.25, -0.2) is 4.98 Å². The number of ether oxygens (including phenoxy) is 1. The molecule has 0 aliphatic carbocycles. The number of thiophene rings is 1. The molecule has 1 atom stereocenters. The number of aliphatic hydroxyl groups excluding tert-OH is 1. The molecule has 2 heterocycles. The van der Waals surface area contributed by atoms with Crippen molar-refractivity contribution in [2.75, 3.05) is 6.61 Å². The maximum Gasteiger partial charge on any atom is 0.261 e. The van der Waals surface area contributed by atoms with Crippen molar-refractivity contribution in [1.29, 1.82) is 0 Å². The molecule has 0 amide bonds. The van der Waals surface area contributed by atoms with Crippen LogP contribution in [0.15, 0.2) is 51.3 Å². The average molecular weight is 395 g/mol. The number of hydrogen-bond acceptors (Lipinski definition) is 5. The van der Waals surface area contributed by atoms with Gasteiger partial charge in [0.25, 0.3) is 5.56 Å². The van der Waals surface area contributed by atoms with E-state index in [0.717, 1.165) is 9.35 Å². The van der Waals surface area contributed by atoms with Crippen LogP contribution >= 0.6 is 27.3 Å². The van der Waals surface area contributed by atoms with E-state index in [1.54, 1.807) is 23.5 Å². The third-order valence-electron chi connectivity index (χ3n) is 3.33. The largest absolute Gasteiger partial charge is 0.389 e. The maximum absolute atomic E-state index is 12.4. The molecule has 23 heavy (non-hydrogen) atoms. The van der Waals surface area contributed by atoms with E-state index in [0.29, 0.717) is 17.5 Å². The molecule has 0 spiro atoms. The molecule has 3 aromatic rings. The predicted octanol–water partition coefficient (Wildman–Crippen LogP) is 2.80. The van der Waals surface area contributed by atoms with Crippen LogP contribution in [-0.4, -0.2) is 27.4 Å². The summed E-state index contributed by atoms with van der Waals surface area (Å²) in [5, 5.41) is 12.6. The molecule has 0 aliphatic heterocycles. The first-order chi connectivity index (χ1) is 11.1. The van der Waals surface area contributed by atoms with Crippen LogP contribution in [0.1, 0.15) is 4.88 Å². The molecule has 0 saturated carbocycles. The third kappa shape index (κ3) is 4.06. The number of nitrogens with zero attached hydrogens (tertiary/aromatic N) is 2. The van der Waals surface area contributed by atoms with Crippen LogP contribution in [0.2, 0.25) is 0 Å². The second-order valence-corrected chi connectivity index (χ2v) is 7.06. The normalized spacial score (nSPS) is 12.6. The fourth-order valence-electron chi connectivity index (χ4n) is 2.23. The van der Waals surface area contributed by atoms with Gasteiger partial charge >= 0.3 is 0 Å². The van der Waals surface area contributed by atoms with Gasteiger partial charge in [0.05, 0.1) is 43.1 Å². The maximum atomic E-state index is 12.4. The predicted molar refractivity (Wildman–Crippen MR) is 93.7 cm³/mol. The molecule has 5 nitrogen and oxygen atoms in total. The van der Waals surface area contributed by atoms with Crippen molar-refractivity contribution < 1.29 is 9.84 Å². The van der Waals surface area contributed by atoms with Crippen molar-refractivity contribution in [2.24, 2.45) is 0 Å². The van der Waals surface area contributed by atoms with Crippen molar-refractivity contribution in [2.45, 2.75) is 19.3 Å². The molecule has 1 N–H and O–H groups in total. The molecule has 7 heteroatoms. The highest BCUT2D eigenvalue weighted by atomic mass is 79.9. The molecule has 0 aliphatic rings. The van der Waals surface area contributed by atoms with Crippen LogP contribution in [-0.2, 0) is 17.9 Å². The van der Waals surface area contributed by atoms with E-state index >= 15 is 0 Å². The Labute approximate surface area is 145 Å². The van der Waals surface area contributed by atoms with Crippen LogP contribution in [0, 0.1) is 0 Å². The number of fused-ring (bicyclic) bond motifs is 1. The van der Waals surface area contributed by atoms with Gasteiger partial charge < -0.3 is 9.84 Å². The Kier molecular flexibility index (Phi) is 5.22. The summed E-state index contributed by atoms with van der Waals surface area (Å²) in [5.74, 6) is 0. The van der Waals surface area contributed by atoms with Crippen molar-refractivity contribution in [3.8, 4) is 0 Å². The van der Waals surface area contributed by atoms with Gasteiger partial charge in [-0.3, -0.25) is 9.36 Å². The lowest BCUT2D eigenvalue weighted by atomic mass is 10.2. The molecule has 1 aromatic carbocycles. The zero-order valence-electron chi connectivity index (χ0n) is 12.2. The molecule has 120 valence electrons. The van der Waals surface area contributed by atoms with Crippen LogP contribution in [0.5, 0.6) is 0 Å². The fraction of sp³-hybridized carbons (Fsp3) is 0.250. The summed E-state index contributed by atoms with van der Waals surface area (Å²) < 4.78 is 7.71. The Morgan fingerprint density at radius 3 is 3.04 bits per heavy atom. The smallest absolute Gasteiger partial charge is 0.261 e. The molecule has 1 unspecified atom stereocenters. The molecule has 0 fully saturated rings. The van der Waals surface area contributed by atoms with E-state index in [9.17, 15) is 9.90 Å². The fourth-order valence-corrected chi connectivity index (χ4v) is 3.23. The lowest BCUT2D eigenvalue weighted by Gasteiger charge is -2.13. The van der Waals surface area contributed by atoms with Gasteiger partial charge in [0.2, 0.25) is 0 Å². The van der Waals surface area contributed by atoms with Gasteiger partial charge in [-0.1, -0.05) is 22.0 Å². The zero-order chi connectivity index (χ0) is 16.2. The van der Waals surface area contributed by atoms with Crippen LogP contribution in [0.3, 0.4) is 0 Å². The van der Waals surface area contributed by atoms with E-state index in [-0.39, 0.29) is 18.7 Å². The van der Waals surface area contributed by atoms with Crippen LogP contribution in [0.4, 0.5) is 0 Å². The molecule has 3 rings (SSSR count). The highest BCUT2D eigenvalue weighted by molar-refractivity contribution is 9.10. The van der Waals surface area contributed by atoms with Gasteiger partial charge in [-0.05, 0) is 29.6 Å². The Morgan fingerprint density at radius 1 is 1.39 bits per heavy atom. The summed E-state index contributed by atoms with van der Waals surface area (Å²) in [7, 11) is 0. The quantitative estimate of drug-likeness (QED) is 0.697. The van der Waals surface area contributed by atoms with Crippen molar-refractivity contribution in [3.05, 3.63) is 61.7 Å².